The van der Waals surface area contributed by atoms with Crippen LogP contribution in [0.4, 0.5) is 0 Å². The second-order valence-electron chi connectivity index (χ2n) is 4.46. The Balaban J connectivity index is 2.22. The van der Waals surface area contributed by atoms with Gasteiger partial charge in [0.25, 0.3) is 5.91 Å². The van der Waals surface area contributed by atoms with Crippen LogP contribution in [0.25, 0.3) is 0 Å². The van der Waals surface area contributed by atoms with Crippen LogP contribution >= 0.6 is 28.6 Å². The molecule has 0 unspecified atom stereocenters. The minimum atomic E-state index is -3.01. The van der Waals surface area contributed by atoms with Gasteiger partial charge in [-0.2, -0.15) is 0 Å². The Bertz CT molecular complexity index is 601. The lowest BCUT2D eigenvalue weighted by Crippen LogP contribution is -2.33. The van der Waals surface area contributed by atoms with Gasteiger partial charge in [-0.25, -0.2) is 8.42 Å². The van der Waals surface area contributed by atoms with E-state index in [-0.39, 0.29) is 24.0 Å². The van der Waals surface area contributed by atoms with Crippen LogP contribution in [0.15, 0.2) is 27.6 Å². The minimum absolute atomic E-state index is 0.0386. The quantitative estimate of drug-likeness (QED) is 0.776. The highest BCUT2D eigenvalue weighted by Gasteiger charge is 2.24. The molecular formula is C12H14BrNO3S2. The number of amides is 1. The molecule has 104 valence electrons. The highest BCUT2D eigenvalue weighted by Crippen LogP contribution is 2.22. The largest absolute Gasteiger partial charge is 0.338 e. The van der Waals surface area contributed by atoms with Gasteiger partial charge < -0.3 is 4.90 Å². The average molecular weight is 364 g/mol. The maximum atomic E-state index is 12.4. The lowest BCUT2D eigenvalue weighted by Gasteiger charge is -2.20. The van der Waals surface area contributed by atoms with E-state index < -0.39 is 9.84 Å². The number of hydrogen-bond donors (Lipinski definition) is 1. The molecule has 1 saturated heterocycles. The molecule has 0 N–H and O–H groups in total. The second kappa shape index (κ2) is 5.85. The van der Waals surface area contributed by atoms with Crippen molar-refractivity contribution in [2.45, 2.75) is 11.3 Å². The summed E-state index contributed by atoms with van der Waals surface area (Å²) >= 11 is 7.56. The summed E-state index contributed by atoms with van der Waals surface area (Å²) < 4.78 is 23.8. The molecule has 2 rings (SSSR count). The van der Waals surface area contributed by atoms with Gasteiger partial charge in [0.1, 0.15) is 0 Å². The molecule has 0 spiro atoms. The van der Waals surface area contributed by atoms with Gasteiger partial charge in [-0.05, 0) is 40.5 Å². The first-order chi connectivity index (χ1) is 8.89. The summed E-state index contributed by atoms with van der Waals surface area (Å²) in [6, 6.07) is 5.25. The van der Waals surface area contributed by atoms with E-state index in [4.69, 9.17) is 0 Å². The number of nitrogens with zero attached hydrogens (tertiary/aromatic N) is 1. The fourth-order valence-corrected chi connectivity index (χ4v) is 3.88. The van der Waals surface area contributed by atoms with Crippen LogP contribution in [0.5, 0.6) is 0 Å². The van der Waals surface area contributed by atoms with Crippen LogP contribution in [0.2, 0.25) is 0 Å². The highest BCUT2D eigenvalue weighted by atomic mass is 79.9. The first-order valence-electron chi connectivity index (χ1n) is 5.87. The van der Waals surface area contributed by atoms with Gasteiger partial charge in [0.05, 0.1) is 17.1 Å². The molecule has 7 heteroatoms. The Morgan fingerprint density at radius 3 is 2.74 bits per heavy atom. The molecular weight excluding hydrogens is 350 g/mol. The maximum absolute atomic E-state index is 12.4. The molecule has 0 aliphatic carbocycles. The zero-order chi connectivity index (χ0) is 14.0. The fraction of sp³-hybridized carbons (Fsp3) is 0.417. The number of sulfone groups is 1. The van der Waals surface area contributed by atoms with Gasteiger partial charge >= 0.3 is 0 Å². The van der Waals surface area contributed by atoms with Gasteiger partial charge in [-0.3, -0.25) is 4.79 Å². The third-order valence-electron chi connectivity index (χ3n) is 3.02. The molecule has 1 aromatic carbocycles. The maximum Gasteiger partial charge on any atom is 0.255 e. The topological polar surface area (TPSA) is 54.5 Å². The van der Waals surface area contributed by atoms with Gasteiger partial charge in [-0.1, -0.05) is 0 Å². The smallest absolute Gasteiger partial charge is 0.255 e. The van der Waals surface area contributed by atoms with Crippen LogP contribution in [0.1, 0.15) is 16.8 Å². The molecule has 19 heavy (non-hydrogen) atoms. The summed E-state index contributed by atoms with van der Waals surface area (Å²) in [6.07, 6.45) is 0.492. The molecule has 1 heterocycles. The number of benzene rings is 1. The van der Waals surface area contributed by atoms with Crippen molar-refractivity contribution < 1.29 is 13.2 Å². The van der Waals surface area contributed by atoms with Crippen molar-refractivity contribution in [2.24, 2.45) is 0 Å². The summed E-state index contributed by atoms with van der Waals surface area (Å²) in [4.78, 5) is 14.7. The van der Waals surface area contributed by atoms with Crippen molar-refractivity contribution in [1.29, 1.82) is 0 Å². The summed E-state index contributed by atoms with van der Waals surface area (Å²) in [7, 11) is -3.01. The monoisotopic (exact) mass is 363 g/mol. The molecule has 1 aliphatic rings. The predicted molar refractivity (Wildman–Crippen MR) is 80.6 cm³/mol. The van der Waals surface area contributed by atoms with Crippen LogP contribution < -0.4 is 0 Å². The molecule has 1 aromatic rings. The van der Waals surface area contributed by atoms with Crippen molar-refractivity contribution in [1.82, 2.24) is 4.90 Å². The van der Waals surface area contributed by atoms with Crippen molar-refractivity contribution in [3.8, 4) is 0 Å². The highest BCUT2D eigenvalue weighted by molar-refractivity contribution is 9.10. The Kier molecular flexibility index (Phi) is 4.58. The number of hydrogen-bond acceptors (Lipinski definition) is 4. The number of carbonyl (C=O) groups excluding carboxylic acids is 1. The van der Waals surface area contributed by atoms with Gasteiger partial charge in [0, 0.05) is 22.5 Å². The van der Waals surface area contributed by atoms with Crippen molar-refractivity contribution >= 4 is 44.3 Å². The van der Waals surface area contributed by atoms with E-state index in [9.17, 15) is 13.2 Å². The van der Waals surface area contributed by atoms with E-state index in [2.05, 4.69) is 28.6 Å². The van der Waals surface area contributed by atoms with Gasteiger partial charge in [0.15, 0.2) is 9.84 Å². The number of carbonyl (C=O) groups is 1. The molecule has 0 aromatic heterocycles. The van der Waals surface area contributed by atoms with Crippen molar-refractivity contribution in [3.05, 3.63) is 28.2 Å². The van der Waals surface area contributed by atoms with Crippen molar-refractivity contribution in [2.75, 3.05) is 24.6 Å². The predicted octanol–water partition coefficient (Wildman–Crippen LogP) is 2.00. The summed E-state index contributed by atoms with van der Waals surface area (Å²) in [5.74, 6) is 0.0430. The molecule has 1 aliphatic heterocycles. The standard InChI is InChI=1S/C12H14BrNO3S2/c13-11-3-2-9(18)8-10(11)12(15)14-4-1-6-19(16,17)7-5-14/h2-3,8,18H,1,4-7H2. The summed E-state index contributed by atoms with van der Waals surface area (Å²) in [5, 5.41) is 0. The Morgan fingerprint density at radius 1 is 1.26 bits per heavy atom. The summed E-state index contributed by atoms with van der Waals surface area (Å²) in [6.45, 7) is 0.728. The first-order valence-corrected chi connectivity index (χ1v) is 8.93. The molecule has 4 nitrogen and oxygen atoms in total. The van der Waals surface area contributed by atoms with E-state index in [1.807, 2.05) is 0 Å². The normalized spacial score (nSPS) is 18.9. The lowest BCUT2D eigenvalue weighted by molar-refractivity contribution is 0.0767. The lowest BCUT2D eigenvalue weighted by atomic mass is 10.2. The Hall–Kier alpha value is -0.530. The third-order valence-corrected chi connectivity index (χ3v) is 5.71. The number of halogens is 1. The minimum Gasteiger partial charge on any atom is -0.338 e. The number of rotatable bonds is 1. The fourth-order valence-electron chi connectivity index (χ4n) is 1.99. The first kappa shape index (κ1) is 14.9. The third kappa shape index (κ3) is 3.73. The van der Waals surface area contributed by atoms with E-state index >= 15 is 0 Å². The van der Waals surface area contributed by atoms with Crippen LogP contribution in [0, 0.1) is 0 Å². The van der Waals surface area contributed by atoms with E-state index in [0.29, 0.717) is 27.9 Å². The number of thiol groups is 1. The van der Waals surface area contributed by atoms with E-state index in [1.54, 1.807) is 23.1 Å². The van der Waals surface area contributed by atoms with Crippen LogP contribution in [0.3, 0.4) is 0 Å². The van der Waals surface area contributed by atoms with Crippen molar-refractivity contribution in [3.63, 3.8) is 0 Å². The Morgan fingerprint density at radius 2 is 2.00 bits per heavy atom. The van der Waals surface area contributed by atoms with E-state index in [1.165, 1.54) is 0 Å². The van der Waals surface area contributed by atoms with Gasteiger partial charge in [0.2, 0.25) is 0 Å². The molecule has 0 atom stereocenters. The molecule has 0 radical (unpaired) electrons. The van der Waals surface area contributed by atoms with Gasteiger partial charge in [-0.15, -0.1) is 12.6 Å². The Labute approximate surface area is 126 Å². The van der Waals surface area contributed by atoms with E-state index in [0.717, 1.165) is 0 Å². The zero-order valence-corrected chi connectivity index (χ0v) is 13.5. The SMILES string of the molecule is O=C(c1cc(S)ccc1Br)N1CCCS(=O)(=O)CC1. The average Bonchev–Trinajstić information content (AvgIpc) is 2.52. The molecule has 0 bridgehead atoms. The second-order valence-corrected chi connectivity index (χ2v) is 8.14. The zero-order valence-electron chi connectivity index (χ0n) is 10.2. The molecule has 1 amide bonds. The summed E-state index contributed by atoms with van der Waals surface area (Å²) in [5.41, 5.74) is 0.520. The molecule has 0 saturated carbocycles. The van der Waals surface area contributed by atoms with Crippen LogP contribution in [-0.4, -0.2) is 43.8 Å². The molecule has 1 fully saturated rings. The van der Waals surface area contributed by atoms with Crippen LogP contribution in [-0.2, 0) is 9.84 Å².